The Hall–Kier alpha value is 0.160. The number of ether oxygens (including phenoxy) is 1. The van der Waals surface area contributed by atoms with Gasteiger partial charge in [0.25, 0.3) is 0 Å². The van der Waals surface area contributed by atoms with Gasteiger partial charge >= 0.3 is 0 Å². The second kappa shape index (κ2) is 7.68. The van der Waals surface area contributed by atoms with Crippen molar-refractivity contribution in [1.29, 1.82) is 0 Å². The Balaban J connectivity index is 2.54. The molecule has 18 heavy (non-hydrogen) atoms. The summed E-state index contributed by atoms with van der Waals surface area (Å²) in [7, 11) is -3.18. The zero-order valence-electron chi connectivity index (χ0n) is 11.3. The van der Waals surface area contributed by atoms with Crippen molar-refractivity contribution < 1.29 is 13.2 Å². The molecule has 2 unspecified atom stereocenters. The summed E-state index contributed by atoms with van der Waals surface area (Å²) >= 11 is 5.69. The van der Waals surface area contributed by atoms with Crippen molar-refractivity contribution in [2.24, 2.45) is 5.92 Å². The predicted molar refractivity (Wildman–Crippen MR) is 74.5 cm³/mol. The van der Waals surface area contributed by atoms with Crippen LogP contribution < -0.4 is 0 Å². The molecule has 0 bridgehead atoms. The summed E-state index contributed by atoms with van der Waals surface area (Å²) in [6.45, 7) is 5.73. The minimum Gasteiger partial charge on any atom is -0.377 e. The normalized spacial score (nSPS) is 24.1. The minimum absolute atomic E-state index is 0.00592. The van der Waals surface area contributed by atoms with Crippen molar-refractivity contribution in [3.05, 3.63) is 0 Å². The number of alkyl halides is 1. The fraction of sp³-hybridized carbons (Fsp3) is 1.00. The van der Waals surface area contributed by atoms with E-state index in [1.54, 1.807) is 4.31 Å². The van der Waals surface area contributed by atoms with Gasteiger partial charge in [-0.1, -0.05) is 13.8 Å². The fourth-order valence-corrected chi connectivity index (χ4v) is 4.17. The Bertz CT molecular complexity index is 334. The smallest absolute Gasteiger partial charge is 0.214 e. The van der Waals surface area contributed by atoms with Gasteiger partial charge in [-0.25, -0.2) is 8.42 Å². The molecule has 0 aromatic carbocycles. The SMILES string of the molecule is CCCOC1CCCN(S(=O)(=O)CC(C)CCl)C1. The van der Waals surface area contributed by atoms with E-state index < -0.39 is 10.0 Å². The van der Waals surface area contributed by atoms with E-state index in [-0.39, 0.29) is 17.8 Å². The Labute approximate surface area is 116 Å². The number of halogens is 1. The molecule has 0 spiro atoms. The van der Waals surface area contributed by atoms with E-state index in [1.165, 1.54) is 0 Å². The second-order valence-corrected chi connectivity index (χ2v) is 7.35. The van der Waals surface area contributed by atoms with Gasteiger partial charge in [0.15, 0.2) is 0 Å². The maximum absolute atomic E-state index is 12.2. The summed E-state index contributed by atoms with van der Waals surface area (Å²) < 4.78 is 31.6. The molecule has 108 valence electrons. The molecule has 1 heterocycles. The molecule has 1 rings (SSSR count). The van der Waals surface area contributed by atoms with E-state index in [9.17, 15) is 8.42 Å². The highest BCUT2D eigenvalue weighted by Crippen LogP contribution is 2.18. The monoisotopic (exact) mass is 297 g/mol. The van der Waals surface area contributed by atoms with E-state index >= 15 is 0 Å². The van der Waals surface area contributed by atoms with Gasteiger partial charge in [-0.2, -0.15) is 4.31 Å². The Kier molecular flexibility index (Phi) is 6.92. The highest BCUT2D eigenvalue weighted by Gasteiger charge is 2.30. The summed E-state index contributed by atoms with van der Waals surface area (Å²) in [5.74, 6) is 0.508. The summed E-state index contributed by atoms with van der Waals surface area (Å²) in [5.41, 5.74) is 0. The lowest BCUT2D eigenvalue weighted by molar-refractivity contribution is 0.0193. The molecule has 0 aromatic rings. The van der Waals surface area contributed by atoms with Gasteiger partial charge in [0.2, 0.25) is 10.0 Å². The third-order valence-corrected chi connectivity index (χ3v) is 5.69. The molecule has 0 amide bonds. The number of sulfonamides is 1. The van der Waals surface area contributed by atoms with Gasteiger partial charge in [0.1, 0.15) is 0 Å². The molecule has 0 radical (unpaired) electrons. The van der Waals surface area contributed by atoms with Crippen molar-refractivity contribution in [3.63, 3.8) is 0 Å². The molecular weight excluding hydrogens is 274 g/mol. The van der Waals surface area contributed by atoms with Crippen molar-refractivity contribution in [1.82, 2.24) is 4.31 Å². The van der Waals surface area contributed by atoms with Gasteiger partial charge in [-0.05, 0) is 25.2 Å². The Morgan fingerprint density at radius 1 is 1.50 bits per heavy atom. The minimum atomic E-state index is -3.18. The maximum atomic E-state index is 12.2. The average molecular weight is 298 g/mol. The molecular formula is C12H24ClNO3S. The summed E-state index contributed by atoms with van der Waals surface area (Å²) in [6.07, 6.45) is 2.85. The van der Waals surface area contributed by atoms with Crippen molar-refractivity contribution in [2.45, 2.75) is 39.2 Å². The van der Waals surface area contributed by atoms with E-state index in [0.717, 1.165) is 19.3 Å². The highest BCUT2D eigenvalue weighted by atomic mass is 35.5. The van der Waals surface area contributed by atoms with E-state index in [0.29, 0.717) is 25.6 Å². The molecule has 6 heteroatoms. The zero-order valence-corrected chi connectivity index (χ0v) is 12.8. The van der Waals surface area contributed by atoms with Crippen LogP contribution in [0.3, 0.4) is 0 Å². The van der Waals surface area contributed by atoms with Gasteiger partial charge in [-0.15, -0.1) is 11.6 Å². The lowest BCUT2D eigenvalue weighted by Crippen LogP contribution is -2.45. The largest absolute Gasteiger partial charge is 0.377 e. The lowest BCUT2D eigenvalue weighted by Gasteiger charge is -2.32. The molecule has 2 atom stereocenters. The molecule has 0 aliphatic carbocycles. The molecule has 0 N–H and O–H groups in total. The van der Waals surface area contributed by atoms with E-state index in [1.807, 2.05) is 6.92 Å². The predicted octanol–water partition coefficient (Wildman–Crippen LogP) is 2.08. The summed E-state index contributed by atoms with van der Waals surface area (Å²) in [5, 5.41) is 0. The number of rotatable bonds is 7. The van der Waals surface area contributed by atoms with Crippen molar-refractivity contribution in [3.8, 4) is 0 Å². The van der Waals surface area contributed by atoms with Crippen LogP contribution in [0.4, 0.5) is 0 Å². The Morgan fingerprint density at radius 3 is 2.83 bits per heavy atom. The molecule has 0 aromatic heterocycles. The first-order chi connectivity index (χ1) is 8.49. The van der Waals surface area contributed by atoms with Crippen LogP contribution in [-0.4, -0.2) is 50.2 Å². The molecule has 1 aliphatic heterocycles. The third-order valence-electron chi connectivity index (χ3n) is 3.05. The quantitative estimate of drug-likeness (QED) is 0.676. The van der Waals surface area contributed by atoms with Crippen molar-refractivity contribution >= 4 is 21.6 Å². The summed E-state index contributed by atoms with van der Waals surface area (Å²) in [6, 6.07) is 0. The Morgan fingerprint density at radius 2 is 2.22 bits per heavy atom. The lowest BCUT2D eigenvalue weighted by atomic mass is 10.1. The number of hydrogen-bond donors (Lipinski definition) is 0. The van der Waals surface area contributed by atoms with Crippen LogP contribution in [0.25, 0.3) is 0 Å². The van der Waals surface area contributed by atoms with Crippen LogP contribution in [0, 0.1) is 5.92 Å². The first-order valence-electron chi connectivity index (χ1n) is 6.65. The van der Waals surface area contributed by atoms with E-state index in [2.05, 4.69) is 6.92 Å². The van der Waals surface area contributed by atoms with Crippen LogP contribution in [0.1, 0.15) is 33.1 Å². The zero-order chi connectivity index (χ0) is 13.6. The van der Waals surface area contributed by atoms with Crippen LogP contribution in [0.2, 0.25) is 0 Å². The average Bonchev–Trinajstić information content (AvgIpc) is 2.36. The van der Waals surface area contributed by atoms with Gasteiger partial charge < -0.3 is 4.74 Å². The number of piperidine rings is 1. The molecule has 1 saturated heterocycles. The molecule has 4 nitrogen and oxygen atoms in total. The molecule has 1 fully saturated rings. The van der Waals surface area contributed by atoms with Gasteiger partial charge in [0.05, 0.1) is 11.9 Å². The molecule has 0 saturated carbocycles. The van der Waals surface area contributed by atoms with Crippen LogP contribution in [0.15, 0.2) is 0 Å². The standard InChI is InChI=1S/C12H24ClNO3S/c1-3-7-17-12-5-4-6-14(9-12)18(15,16)10-11(2)8-13/h11-12H,3-10H2,1-2H3. The fourth-order valence-electron chi connectivity index (χ4n) is 2.09. The number of hydrogen-bond acceptors (Lipinski definition) is 3. The second-order valence-electron chi connectivity index (χ2n) is 5.03. The first-order valence-corrected chi connectivity index (χ1v) is 8.79. The topological polar surface area (TPSA) is 46.6 Å². The molecule has 1 aliphatic rings. The highest BCUT2D eigenvalue weighted by molar-refractivity contribution is 7.89. The van der Waals surface area contributed by atoms with Crippen molar-refractivity contribution in [2.75, 3.05) is 31.3 Å². The van der Waals surface area contributed by atoms with Gasteiger partial charge in [-0.3, -0.25) is 0 Å². The maximum Gasteiger partial charge on any atom is 0.214 e. The first kappa shape index (κ1) is 16.2. The van der Waals surface area contributed by atoms with E-state index in [4.69, 9.17) is 16.3 Å². The van der Waals surface area contributed by atoms with Gasteiger partial charge in [0, 0.05) is 25.6 Å². The number of nitrogens with zero attached hydrogens (tertiary/aromatic N) is 1. The third kappa shape index (κ3) is 5.03. The van der Waals surface area contributed by atoms with Crippen LogP contribution in [-0.2, 0) is 14.8 Å². The summed E-state index contributed by atoms with van der Waals surface area (Å²) in [4.78, 5) is 0. The van der Waals surface area contributed by atoms with Crippen LogP contribution >= 0.6 is 11.6 Å². The van der Waals surface area contributed by atoms with Crippen LogP contribution in [0.5, 0.6) is 0 Å².